The number of hydrogen-bond donors (Lipinski definition) is 4. The number of carbonyl (C=O) groups excluding carboxylic acids is 4. The zero-order valence-electron chi connectivity index (χ0n) is 29.0. The summed E-state index contributed by atoms with van der Waals surface area (Å²) in [6.07, 6.45) is -2.00. The third kappa shape index (κ3) is 13.3. The van der Waals surface area contributed by atoms with Crippen LogP contribution >= 0.6 is 0 Å². The molecule has 1 unspecified atom stereocenters. The molecule has 1 atom stereocenters. The molecule has 3 aromatic rings. The number of nitrogens with zero attached hydrogens (tertiary/aromatic N) is 1. The maximum absolute atomic E-state index is 13.4. The van der Waals surface area contributed by atoms with Crippen LogP contribution in [0.2, 0.25) is 0 Å². The largest absolute Gasteiger partial charge is 0.466 e. The molecule has 0 fully saturated rings. The fourth-order valence-corrected chi connectivity index (χ4v) is 5.50. The lowest BCUT2D eigenvalue weighted by atomic mass is 10.1. The van der Waals surface area contributed by atoms with Crippen LogP contribution in [0.3, 0.4) is 0 Å². The number of aliphatic imine (C=N–C) groups is 1. The minimum absolute atomic E-state index is 0.130. The van der Waals surface area contributed by atoms with Gasteiger partial charge in [0.1, 0.15) is 11.2 Å². The van der Waals surface area contributed by atoms with E-state index in [1.54, 1.807) is 78.8 Å². The molecule has 3 amide bonds. The van der Waals surface area contributed by atoms with E-state index in [-0.39, 0.29) is 40.8 Å². The third-order valence-corrected chi connectivity index (χ3v) is 7.63. The molecule has 50 heavy (non-hydrogen) atoms. The Bertz CT molecular complexity index is 1780. The Morgan fingerprint density at radius 1 is 0.780 bits per heavy atom. The second kappa shape index (κ2) is 16.9. The highest BCUT2D eigenvalue weighted by atomic mass is 32.2. The molecule has 0 saturated heterocycles. The quantitative estimate of drug-likeness (QED) is 0.0853. The van der Waals surface area contributed by atoms with Gasteiger partial charge in [0.2, 0.25) is 16.0 Å². The summed E-state index contributed by atoms with van der Waals surface area (Å²) in [6, 6.07) is 19.3. The summed E-state index contributed by atoms with van der Waals surface area (Å²) in [6.45, 7) is 11.8. The van der Waals surface area contributed by atoms with Crippen LogP contribution in [0, 0.1) is 0 Å². The number of sulfonamides is 1. The van der Waals surface area contributed by atoms with E-state index in [2.05, 4.69) is 25.7 Å². The van der Waals surface area contributed by atoms with Gasteiger partial charge in [-0.2, -0.15) is 0 Å². The fraction of sp³-hybridized carbons (Fsp3) is 0.343. The summed E-state index contributed by atoms with van der Waals surface area (Å²) in [5.74, 6) is -1.48. The van der Waals surface area contributed by atoms with Crippen LogP contribution in [-0.4, -0.2) is 56.2 Å². The molecule has 0 heterocycles. The summed E-state index contributed by atoms with van der Waals surface area (Å²) in [4.78, 5) is 54.6. The maximum atomic E-state index is 13.4. The van der Waals surface area contributed by atoms with Gasteiger partial charge in [0.05, 0.1) is 29.7 Å². The third-order valence-electron chi connectivity index (χ3n) is 6.17. The van der Waals surface area contributed by atoms with Crippen LogP contribution in [0.25, 0.3) is 0 Å². The summed E-state index contributed by atoms with van der Waals surface area (Å²) >= 11 is 0. The van der Waals surface area contributed by atoms with Gasteiger partial charge in [-0.3, -0.25) is 20.2 Å². The van der Waals surface area contributed by atoms with Gasteiger partial charge in [-0.1, -0.05) is 42.5 Å². The number of carbonyl (C=O) groups is 4. The molecule has 0 aromatic heterocycles. The molecule has 3 aromatic carbocycles. The highest BCUT2D eigenvalue weighted by Gasteiger charge is 2.25. The highest BCUT2D eigenvalue weighted by Crippen LogP contribution is 2.23. The summed E-state index contributed by atoms with van der Waals surface area (Å²) in [5, 5.41) is 7.42. The number of amides is 3. The zero-order chi connectivity index (χ0) is 37.1. The lowest BCUT2D eigenvalue weighted by Crippen LogP contribution is -2.47. The van der Waals surface area contributed by atoms with Crippen LogP contribution in [0.15, 0.2) is 88.8 Å². The lowest BCUT2D eigenvalue weighted by molar-refractivity contribution is -0.143. The molecule has 0 bridgehead atoms. The Kier molecular flexibility index (Phi) is 13.2. The van der Waals surface area contributed by atoms with Gasteiger partial charge >= 0.3 is 18.2 Å². The first-order valence-electron chi connectivity index (χ1n) is 15.7. The number of ether oxygens (including phenoxy) is 3. The van der Waals surface area contributed by atoms with Gasteiger partial charge in [0, 0.05) is 11.3 Å². The number of rotatable bonds is 10. The van der Waals surface area contributed by atoms with Crippen molar-refractivity contribution in [2.24, 2.45) is 4.99 Å². The topological polar surface area (TPSA) is 191 Å². The Balaban J connectivity index is 1.83. The summed E-state index contributed by atoms with van der Waals surface area (Å²) in [7, 11) is -4.17. The van der Waals surface area contributed by atoms with Crippen LogP contribution in [-0.2, 0) is 29.0 Å². The predicted octanol–water partition coefficient (Wildman–Crippen LogP) is 5.95. The smallest absolute Gasteiger partial charge is 0.414 e. The number of esters is 1. The van der Waals surface area contributed by atoms with Gasteiger partial charge in [-0.05, 0) is 90.4 Å². The van der Waals surface area contributed by atoms with E-state index in [0.717, 1.165) is 0 Å². The second-order valence-electron chi connectivity index (χ2n) is 12.8. The van der Waals surface area contributed by atoms with Crippen molar-refractivity contribution in [1.82, 2.24) is 15.4 Å². The molecule has 268 valence electrons. The van der Waals surface area contributed by atoms with Gasteiger partial charge in [-0.25, -0.2) is 27.7 Å². The highest BCUT2D eigenvalue weighted by molar-refractivity contribution is 7.89. The van der Waals surface area contributed by atoms with Crippen molar-refractivity contribution >= 4 is 51.4 Å². The fourth-order valence-electron chi connectivity index (χ4n) is 4.23. The van der Waals surface area contributed by atoms with Crippen LogP contribution in [0.1, 0.15) is 76.9 Å². The number of guanidine groups is 1. The van der Waals surface area contributed by atoms with Gasteiger partial charge < -0.3 is 19.5 Å². The number of hydrogen-bond acceptors (Lipinski definition) is 10. The Hall–Kier alpha value is -5.28. The predicted molar refractivity (Wildman–Crippen MR) is 187 cm³/mol. The molecule has 0 aliphatic carbocycles. The summed E-state index contributed by atoms with van der Waals surface area (Å²) in [5.41, 5.74) is -0.621. The molecule has 0 spiro atoms. The van der Waals surface area contributed by atoms with Gasteiger partial charge in [-0.15, -0.1) is 0 Å². The molecule has 4 N–H and O–H groups in total. The van der Waals surface area contributed by atoms with Crippen LogP contribution in [0.5, 0.6) is 0 Å². The van der Waals surface area contributed by atoms with Crippen molar-refractivity contribution < 1.29 is 41.8 Å². The monoisotopic (exact) mass is 709 g/mol. The average Bonchev–Trinajstić information content (AvgIpc) is 2.99. The van der Waals surface area contributed by atoms with E-state index in [4.69, 9.17) is 14.2 Å². The average molecular weight is 710 g/mol. The minimum atomic E-state index is -4.17. The minimum Gasteiger partial charge on any atom is -0.466 e. The maximum Gasteiger partial charge on any atom is 0.414 e. The number of alkyl carbamates (subject to hydrolysis) is 2. The van der Waals surface area contributed by atoms with E-state index in [0.29, 0.717) is 5.56 Å². The van der Waals surface area contributed by atoms with E-state index in [9.17, 15) is 27.6 Å². The molecule has 14 nitrogen and oxygen atoms in total. The first-order chi connectivity index (χ1) is 23.3. The first-order valence-corrected chi connectivity index (χ1v) is 17.1. The Labute approximate surface area is 292 Å². The zero-order valence-corrected chi connectivity index (χ0v) is 29.8. The molecule has 15 heteroatoms. The van der Waals surface area contributed by atoms with Crippen molar-refractivity contribution in [3.8, 4) is 0 Å². The molecule has 3 rings (SSSR count). The molecule has 0 radical (unpaired) electrons. The molecular weight excluding hydrogens is 666 g/mol. The standard InChI is InChI=1S/C35H43N5O9S/c1-8-47-29(41)22-28(23-14-10-9-11-15-23)40-50(45,46)27-19-13-18-26(21-27)36-30(42)24-16-12-17-25(20-24)37-31(38-32(43)48-34(2,3)4)39-33(44)49-35(5,6)7/h9-21,28,40H,8,22H2,1-7H3,(H,36,42)(H2,37,38,39,43,44). The Morgan fingerprint density at radius 2 is 1.38 bits per heavy atom. The number of nitrogens with one attached hydrogen (secondary N) is 4. The van der Waals surface area contributed by atoms with Crippen molar-refractivity contribution in [2.45, 2.75) is 77.0 Å². The molecule has 0 aliphatic rings. The number of benzene rings is 3. The SMILES string of the molecule is CCOC(=O)CC(NS(=O)(=O)c1cccc(NC(=O)c2cccc(N=C(NC(=O)OC(C)(C)C)NC(=O)OC(C)(C)C)c2)c1)c1ccccc1. The Morgan fingerprint density at radius 3 is 1.96 bits per heavy atom. The van der Waals surface area contributed by atoms with E-state index in [1.165, 1.54) is 48.5 Å². The van der Waals surface area contributed by atoms with Crippen molar-refractivity contribution in [3.63, 3.8) is 0 Å². The van der Waals surface area contributed by atoms with Crippen molar-refractivity contribution in [2.75, 3.05) is 11.9 Å². The second-order valence-corrected chi connectivity index (χ2v) is 14.6. The normalized spacial score (nSPS) is 12.1. The van der Waals surface area contributed by atoms with Crippen LogP contribution < -0.4 is 20.7 Å². The molecule has 0 aliphatic heterocycles. The van der Waals surface area contributed by atoms with E-state index in [1.807, 2.05) is 0 Å². The van der Waals surface area contributed by atoms with Gasteiger partial charge in [0.15, 0.2) is 0 Å². The van der Waals surface area contributed by atoms with Crippen molar-refractivity contribution in [3.05, 3.63) is 90.0 Å². The summed E-state index contributed by atoms with van der Waals surface area (Å²) < 4.78 is 45.0. The number of anilines is 1. The first kappa shape index (κ1) is 39.2. The molecule has 0 saturated carbocycles. The van der Waals surface area contributed by atoms with Crippen LogP contribution in [0.4, 0.5) is 21.0 Å². The van der Waals surface area contributed by atoms with E-state index >= 15 is 0 Å². The van der Waals surface area contributed by atoms with E-state index < -0.39 is 51.3 Å². The van der Waals surface area contributed by atoms with Gasteiger partial charge in [0.25, 0.3) is 5.91 Å². The van der Waals surface area contributed by atoms with Crippen molar-refractivity contribution in [1.29, 1.82) is 0 Å². The molecular formula is C35H43N5O9S. The lowest BCUT2D eigenvalue weighted by Gasteiger charge is -2.22.